The smallest absolute Gasteiger partial charge is 0.228 e. The van der Waals surface area contributed by atoms with Gasteiger partial charge in [0, 0.05) is 31.3 Å². The van der Waals surface area contributed by atoms with E-state index in [-0.39, 0.29) is 5.91 Å². The molecule has 0 atom stereocenters. The van der Waals surface area contributed by atoms with Crippen molar-refractivity contribution in [2.75, 3.05) is 32.9 Å². The van der Waals surface area contributed by atoms with Crippen LogP contribution in [0.4, 0.5) is 0 Å². The summed E-state index contributed by atoms with van der Waals surface area (Å²) in [7, 11) is 0. The van der Waals surface area contributed by atoms with E-state index in [1.165, 1.54) is 0 Å². The molecule has 27 heavy (non-hydrogen) atoms. The highest BCUT2D eigenvalue weighted by atomic mass is 32.1. The van der Waals surface area contributed by atoms with Crippen LogP contribution in [0.3, 0.4) is 0 Å². The van der Waals surface area contributed by atoms with Gasteiger partial charge in [-0.1, -0.05) is 12.1 Å². The average Bonchev–Trinajstić information content (AvgIpc) is 3.33. The van der Waals surface area contributed by atoms with Crippen LogP contribution in [-0.4, -0.2) is 54.5 Å². The molecule has 2 aliphatic rings. The van der Waals surface area contributed by atoms with E-state index in [0.717, 1.165) is 34.9 Å². The van der Waals surface area contributed by atoms with Gasteiger partial charge in [-0.25, -0.2) is 4.98 Å². The summed E-state index contributed by atoms with van der Waals surface area (Å²) in [5.41, 5.74) is 1.78. The SMILES string of the molecule is CCOc1ccccc1-c1nc(CC(=O)N2CCC3(CC2)OCCO3)cs1. The Labute approximate surface area is 163 Å². The van der Waals surface area contributed by atoms with Crippen LogP contribution >= 0.6 is 11.3 Å². The van der Waals surface area contributed by atoms with Gasteiger partial charge < -0.3 is 19.1 Å². The molecule has 1 spiro atoms. The van der Waals surface area contributed by atoms with Crippen LogP contribution in [0.15, 0.2) is 29.6 Å². The molecule has 0 radical (unpaired) electrons. The minimum Gasteiger partial charge on any atom is -0.493 e. The first-order chi connectivity index (χ1) is 13.2. The minimum absolute atomic E-state index is 0.109. The number of rotatable bonds is 5. The van der Waals surface area contributed by atoms with Gasteiger partial charge in [0.05, 0.1) is 37.5 Å². The van der Waals surface area contributed by atoms with Crippen molar-refractivity contribution in [2.24, 2.45) is 0 Å². The van der Waals surface area contributed by atoms with Crippen LogP contribution in [0.5, 0.6) is 5.75 Å². The van der Waals surface area contributed by atoms with Crippen molar-refractivity contribution in [3.05, 3.63) is 35.3 Å². The number of nitrogens with zero attached hydrogens (tertiary/aromatic N) is 2. The number of carbonyl (C=O) groups is 1. The van der Waals surface area contributed by atoms with Gasteiger partial charge in [-0.05, 0) is 19.1 Å². The van der Waals surface area contributed by atoms with Gasteiger partial charge in [0.15, 0.2) is 5.79 Å². The maximum absolute atomic E-state index is 12.7. The molecule has 7 heteroatoms. The highest BCUT2D eigenvalue weighted by Gasteiger charge is 2.40. The highest BCUT2D eigenvalue weighted by Crippen LogP contribution is 2.33. The molecule has 3 heterocycles. The zero-order valence-electron chi connectivity index (χ0n) is 15.5. The summed E-state index contributed by atoms with van der Waals surface area (Å²) in [6.45, 7) is 5.22. The van der Waals surface area contributed by atoms with E-state index in [1.54, 1.807) is 11.3 Å². The Hall–Kier alpha value is -1.96. The molecule has 6 nitrogen and oxygen atoms in total. The number of thiazole rings is 1. The van der Waals surface area contributed by atoms with Crippen molar-refractivity contribution >= 4 is 17.2 Å². The minimum atomic E-state index is -0.451. The summed E-state index contributed by atoms with van der Waals surface area (Å²) < 4.78 is 17.1. The second kappa shape index (κ2) is 7.96. The van der Waals surface area contributed by atoms with E-state index in [4.69, 9.17) is 14.2 Å². The number of ether oxygens (including phenoxy) is 3. The average molecular weight is 388 g/mol. The van der Waals surface area contributed by atoms with E-state index < -0.39 is 5.79 Å². The summed E-state index contributed by atoms with van der Waals surface area (Å²) >= 11 is 1.54. The van der Waals surface area contributed by atoms with Gasteiger partial charge >= 0.3 is 0 Å². The third-order valence-electron chi connectivity index (χ3n) is 4.99. The molecule has 2 fully saturated rings. The first-order valence-corrected chi connectivity index (χ1v) is 10.3. The number of hydrogen-bond donors (Lipinski definition) is 0. The van der Waals surface area contributed by atoms with Crippen molar-refractivity contribution in [1.82, 2.24) is 9.88 Å². The number of amides is 1. The lowest BCUT2D eigenvalue weighted by Crippen LogP contribution is -2.47. The Bertz CT molecular complexity index is 791. The number of aromatic nitrogens is 1. The molecule has 2 aliphatic heterocycles. The predicted octanol–water partition coefficient (Wildman–Crippen LogP) is 3.12. The summed E-state index contributed by atoms with van der Waals surface area (Å²) in [6, 6.07) is 7.87. The van der Waals surface area contributed by atoms with Gasteiger partial charge in [0.25, 0.3) is 0 Å². The monoisotopic (exact) mass is 388 g/mol. The summed E-state index contributed by atoms with van der Waals surface area (Å²) in [5, 5.41) is 2.84. The Kier molecular flexibility index (Phi) is 5.43. The maximum Gasteiger partial charge on any atom is 0.228 e. The Morgan fingerprint density at radius 1 is 1.26 bits per heavy atom. The van der Waals surface area contributed by atoms with E-state index in [9.17, 15) is 4.79 Å². The number of para-hydroxylation sites is 1. The van der Waals surface area contributed by atoms with Gasteiger partial charge in [-0.15, -0.1) is 11.3 Å². The Balaban J connectivity index is 1.39. The summed E-state index contributed by atoms with van der Waals surface area (Å²) in [4.78, 5) is 19.2. The molecule has 1 aromatic carbocycles. The van der Waals surface area contributed by atoms with Gasteiger partial charge in [-0.3, -0.25) is 4.79 Å². The molecule has 4 rings (SSSR count). The number of piperidine rings is 1. The molecule has 0 bridgehead atoms. The van der Waals surface area contributed by atoms with Crippen molar-refractivity contribution < 1.29 is 19.0 Å². The van der Waals surface area contributed by atoms with Gasteiger partial charge in [0.2, 0.25) is 5.91 Å². The zero-order chi connectivity index (χ0) is 18.7. The standard InChI is InChI=1S/C20H24N2O4S/c1-2-24-17-6-4-3-5-16(17)19-21-15(14-27-19)13-18(23)22-9-7-20(8-10-22)25-11-12-26-20/h3-6,14H,2,7-13H2,1H3. The summed E-state index contributed by atoms with van der Waals surface area (Å²) in [6.07, 6.45) is 1.80. The van der Waals surface area contributed by atoms with Gasteiger partial charge in [-0.2, -0.15) is 0 Å². The van der Waals surface area contributed by atoms with Crippen molar-refractivity contribution in [2.45, 2.75) is 32.0 Å². The number of carbonyl (C=O) groups excluding carboxylic acids is 1. The van der Waals surface area contributed by atoms with E-state index in [0.29, 0.717) is 39.3 Å². The fraction of sp³-hybridized carbons (Fsp3) is 0.500. The molecular formula is C20H24N2O4S. The quantitative estimate of drug-likeness (QED) is 0.788. The first kappa shape index (κ1) is 18.4. The van der Waals surface area contributed by atoms with Gasteiger partial charge in [0.1, 0.15) is 10.8 Å². The molecule has 1 aromatic heterocycles. The lowest BCUT2D eigenvalue weighted by atomic mass is 10.0. The second-order valence-corrected chi connectivity index (χ2v) is 7.60. The van der Waals surface area contributed by atoms with Crippen LogP contribution in [0.1, 0.15) is 25.5 Å². The van der Waals surface area contributed by atoms with Crippen LogP contribution in [0.25, 0.3) is 10.6 Å². The maximum atomic E-state index is 12.7. The van der Waals surface area contributed by atoms with Crippen LogP contribution < -0.4 is 4.74 Å². The normalized spacial score (nSPS) is 18.8. The van der Waals surface area contributed by atoms with Crippen LogP contribution in [-0.2, 0) is 20.7 Å². The highest BCUT2D eigenvalue weighted by molar-refractivity contribution is 7.13. The Morgan fingerprint density at radius 2 is 2.00 bits per heavy atom. The molecular weight excluding hydrogens is 364 g/mol. The molecule has 0 aliphatic carbocycles. The topological polar surface area (TPSA) is 60.9 Å². The molecule has 0 N–H and O–H groups in total. The fourth-order valence-corrected chi connectivity index (χ4v) is 4.44. The Morgan fingerprint density at radius 3 is 2.74 bits per heavy atom. The van der Waals surface area contributed by atoms with Crippen LogP contribution in [0, 0.1) is 0 Å². The fourth-order valence-electron chi connectivity index (χ4n) is 3.59. The molecule has 1 amide bonds. The lowest BCUT2D eigenvalue weighted by Gasteiger charge is -2.37. The van der Waals surface area contributed by atoms with E-state index >= 15 is 0 Å². The first-order valence-electron chi connectivity index (χ1n) is 9.41. The van der Waals surface area contributed by atoms with Crippen molar-refractivity contribution in [3.8, 4) is 16.3 Å². The molecule has 0 unspecified atom stereocenters. The van der Waals surface area contributed by atoms with Crippen molar-refractivity contribution in [1.29, 1.82) is 0 Å². The zero-order valence-corrected chi connectivity index (χ0v) is 16.3. The number of hydrogen-bond acceptors (Lipinski definition) is 6. The number of benzene rings is 1. The predicted molar refractivity (Wildman–Crippen MR) is 103 cm³/mol. The molecule has 2 aromatic rings. The van der Waals surface area contributed by atoms with Crippen molar-refractivity contribution in [3.63, 3.8) is 0 Å². The largest absolute Gasteiger partial charge is 0.493 e. The van der Waals surface area contributed by atoms with E-state index in [1.807, 2.05) is 41.5 Å². The molecule has 2 saturated heterocycles. The lowest BCUT2D eigenvalue weighted by molar-refractivity contribution is -0.187. The summed E-state index contributed by atoms with van der Waals surface area (Å²) in [5.74, 6) is 0.482. The number of likely N-dealkylation sites (tertiary alicyclic amines) is 1. The molecule has 0 saturated carbocycles. The molecule has 144 valence electrons. The third kappa shape index (κ3) is 4.00. The van der Waals surface area contributed by atoms with E-state index in [2.05, 4.69) is 4.98 Å². The third-order valence-corrected chi connectivity index (χ3v) is 5.92. The van der Waals surface area contributed by atoms with Crippen LogP contribution in [0.2, 0.25) is 0 Å². The second-order valence-electron chi connectivity index (χ2n) is 6.74.